The number of ketones is 1. The van der Waals surface area contributed by atoms with Crippen LogP contribution in [0.3, 0.4) is 0 Å². The van der Waals surface area contributed by atoms with Crippen LogP contribution < -0.4 is 0 Å². The average Bonchev–Trinajstić information content (AvgIpc) is 2.80. The monoisotopic (exact) mass is 271 g/mol. The number of hydrogen-bond acceptors (Lipinski definition) is 2. The Kier molecular flexibility index (Phi) is 3.86. The molecule has 1 atom stereocenters. The summed E-state index contributed by atoms with van der Waals surface area (Å²) in [4.78, 5) is 26.2. The summed E-state index contributed by atoms with van der Waals surface area (Å²) >= 11 is 0. The largest absolute Gasteiger partial charge is 0.339 e. The molecule has 1 aliphatic heterocycles. The van der Waals surface area contributed by atoms with Crippen LogP contribution in [0.1, 0.15) is 48.0 Å². The van der Waals surface area contributed by atoms with Gasteiger partial charge in [0.1, 0.15) is 5.78 Å². The summed E-state index contributed by atoms with van der Waals surface area (Å²) in [6, 6.07) is 7.91. The van der Waals surface area contributed by atoms with Crippen molar-refractivity contribution in [1.82, 2.24) is 4.90 Å². The van der Waals surface area contributed by atoms with E-state index in [0.29, 0.717) is 5.78 Å². The Morgan fingerprint density at radius 1 is 1.10 bits per heavy atom. The highest BCUT2D eigenvalue weighted by Gasteiger charge is 2.27. The van der Waals surface area contributed by atoms with Crippen molar-refractivity contribution in [3.63, 3.8) is 0 Å². The second kappa shape index (κ2) is 5.78. The van der Waals surface area contributed by atoms with Crippen LogP contribution in [-0.2, 0) is 11.2 Å². The van der Waals surface area contributed by atoms with E-state index in [-0.39, 0.29) is 11.8 Å². The normalized spacial score (nSPS) is 22.8. The summed E-state index contributed by atoms with van der Waals surface area (Å²) in [5.74, 6) is 0.734. The molecule has 0 saturated heterocycles. The summed E-state index contributed by atoms with van der Waals surface area (Å²) in [6.07, 6.45) is 5.61. The molecule has 1 amide bonds. The molecule has 0 aromatic heterocycles. The van der Waals surface area contributed by atoms with E-state index < -0.39 is 0 Å². The molecule has 20 heavy (non-hydrogen) atoms. The van der Waals surface area contributed by atoms with Crippen molar-refractivity contribution >= 4 is 11.7 Å². The number of aryl methyl sites for hydroxylation is 1. The van der Waals surface area contributed by atoms with Gasteiger partial charge in [-0.2, -0.15) is 0 Å². The maximum Gasteiger partial charge on any atom is 0.254 e. The first-order valence-corrected chi connectivity index (χ1v) is 7.65. The molecule has 1 aliphatic carbocycles. The average molecular weight is 271 g/mol. The van der Waals surface area contributed by atoms with Crippen molar-refractivity contribution in [2.75, 3.05) is 13.1 Å². The molecule has 1 fully saturated rings. The van der Waals surface area contributed by atoms with Crippen LogP contribution in [-0.4, -0.2) is 29.7 Å². The zero-order valence-electron chi connectivity index (χ0n) is 11.8. The molecule has 1 saturated carbocycles. The number of Topliss-reactive ketones (excluding diaryl/α,β-unsaturated/α-hetero) is 1. The van der Waals surface area contributed by atoms with E-state index in [0.717, 1.165) is 62.7 Å². The zero-order chi connectivity index (χ0) is 13.9. The van der Waals surface area contributed by atoms with Gasteiger partial charge in [0.2, 0.25) is 0 Å². The first-order chi connectivity index (χ1) is 9.75. The Morgan fingerprint density at radius 3 is 2.75 bits per heavy atom. The number of carbonyl (C=O) groups is 2. The molecule has 1 aromatic carbocycles. The molecule has 1 heterocycles. The summed E-state index contributed by atoms with van der Waals surface area (Å²) in [6.45, 7) is 1.54. The maximum absolute atomic E-state index is 12.6. The summed E-state index contributed by atoms with van der Waals surface area (Å²) in [5.41, 5.74) is 2.01. The molecule has 106 valence electrons. The van der Waals surface area contributed by atoms with Gasteiger partial charge in [-0.3, -0.25) is 9.59 Å². The van der Waals surface area contributed by atoms with E-state index in [4.69, 9.17) is 0 Å². The standard InChI is InChI=1S/C17H21NO2/c19-16-9-3-6-14(16)10-12-18-11-4-7-13-5-1-2-8-15(13)17(18)20/h1-2,5,8,14H,3-4,6-7,9-12H2. The lowest BCUT2D eigenvalue weighted by molar-refractivity contribution is -0.120. The minimum absolute atomic E-state index is 0.142. The fourth-order valence-corrected chi connectivity index (χ4v) is 3.40. The summed E-state index contributed by atoms with van der Waals surface area (Å²) in [7, 11) is 0. The van der Waals surface area contributed by atoms with E-state index in [1.807, 2.05) is 23.1 Å². The van der Waals surface area contributed by atoms with E-state index >= 15 is 0 Å². The van der Waals surface area contributed by atoms with Crippen LogP contribution in [0.25, 0.3) is 0 Å². The van der Waals surface area contributed by atoms with Crippen molar-refractivity contribution in [2.45, 2.75) is 38.5 Å². The third kappa shape index (κ3) is 2.62. The van der Waals surface area contributed by atoms with Gasteiger partial charge in [0.15, 0.2) is 0 Å². The molecule has 0 spiro atoms. The molecule has 2 aliphatic rings. The van der Waals surface area contributed by atoms with Gasteiger partial charge < -0.3 is 4.90 Å². The van der Waals surface area contributed by atoms with Gasteiger partial charge in [0.05, 0.1) is 0 Å². The number of carbonyl (C=O) groups excluding carboxylic acids is 2. The molecule has 3 nitrogen and oxygen atoms in total. The lowest BCUT2D eigenvalue weighted by atomic mass is 10.0. The van der Waals surface area contributed by atoms with Gasteiger partial charge in [-0.25, -0.2) is 0 Å². The molecule has 0 N–H and O–H groups in total. The molecule has 1 aromatic rings. The molecular weight excluding hydrogens is 250 g/mol. The van der Waals surface area contributed by atoms with Crippen molar-refractivity contribution in [2.24, 2.45) is 5.92 Å². The predicted octanol–water partition coefficient (Wildman–Crippen LogP) is 2.83. The fourth-order valence-electron chi connectivity index (χ4n) is 3.40. The number of rotatable bonds is 3. The van der Waals surface area contributed by atoms with Crippen LogP contribution >= 0.6 is 0 Å². The number of amides is 1. The van der Waals surface area contributed by atoms with E-state index in [1.165, 1.54) is 0 Å². The Balaban J connectivity index is 1.68. The molecule has 0 radical (unpaired) electrons. The Bertz CT molecular complexity index is 523. The van der Waals surface area contributed by atoms with Gasteiger partial charge in [0, 0.05) is 31.0 Å². The fraction of sp³-hybridized carbons (Fsp3) is 0.529. The maximum atomic E-state index is 12.6. The number of benzene rings is 1. The van der Waals surface area contributed by atoms with Crippen LogP contribution in [0.2, 0.25) is 0 Å². The van der Waals surface area contributed by atoms with Crippen molar-refractivity contribution in [1.29, 1.82) is 0 Å². The molecule has 1 unspecified atom stereocenters. The minimum Gasteiger partial charge on any atom is -0.339 e. The number of hydrogen-bond donors (Lipinski definition) is 0. The van der Waals surface area contributed by atoms with Crippen molar-refractivity contribution in [3.8, 4) is 0 Å². The highest BCUT2D eigenvalue weighted by atomic mass is 16.2. The lowest BCUT2D eigenvalue weighted by Crippen LogP contribution is -2.33. The van der Waals surface area contributed by atoms with Gasteiger partial charge >= 0.3 is 0 Å². The summed E-state index contributed by atoms with van der Waals surface area (Å²) in [5, 5.41) is 0. The van der Waals surface area contributed by atoms with Crippen LogP contribution in [0.15, 0.2) is 24.3 Å². The van der Waals surface area contributed by atoms with Gasteiger partial charge in [-0.1, -0.05) is 18.2 Å². The highest BCUT2D eigenvalue weighted by Crippen LogP contribution is 2.25. The summed E-state index contributed by atoms with van der Waals surface area (Å²) < 4.78 is 0. The van der Waals surface area contributed by atoms with Crippen molar-refractivity contribution in [3.05, 3.63) is 35.4 Å². The Labute approximate surface area is 120 Å². The Morgan fingerprint density at radius 2 is 1.95 bits per heavy atom. The predicted molar refractivity (Wildman–Crippen MR) is 77.6 cm³/mol. The smallest absolute Gasteiger partial charge is 0.254 e. The molecule has 3 rings (SSSR count). The Hall–Kier alpha value is -1.64. The van der Waals surface area contributed by atoms with Crippen LogP contribution in [0.5, 0.6) is 0 Å². The minimum atomic E-state index is 0.142. The SMILES string of the molecule is O=C1CCCC1CCN1CCCc2ccccc2C1=O. The van der Waals surface area contributed by atoms with Crippen molar-refractivity contribution < 1.29 is 9.59 Å². The lowest BCUT2D eigenvalue weighted by Gasteiger charge is -2.22. The molecule has 3 heteroatoms. The molecule has 0 bridgehead atoms. The van der Waals surface area contributed by atoms with E-state index in [1.54, 1.807) is 0 Å². The number of fused-ring (bicyclic) bond motifs is 1. The quantitative estimate of drug-likeness (QED) is 0.847. The van der Waals surface area contributed by atoms with E-state index in [9.17, 15) is 9.59 Å². The molecular formula is C17H21NO2. The van der Waals surface area contributed by atoms with E-state index in [2.05, 4.69) is 6.07 Å². The van der Waals surface area contributed by atoms with Crippen LogP contribution in [0.4, 0.5) is 0 Å². The second-order valence-corrected chi connectivity index (χ2v) is 5.90. The first-order valence-electron chi connectivity index (χ1n) is 7.65. The highest BCUT2D eigenvalue weighted by molar-refractivity contribution is 5.96. The second-order valence-electron chi connectivity index (χ2n) is 5.90. The van der Waals surface area contributed by atoms with Crippen LogP contribution in [0, 0.1) is 5.92 Å². The third-order valence-electron chi connectivity index (χ3n) is 4.59. The number of nitrogens with zero attached hydrogens (tertiary/aromatic N) is 1. The van der Waals surface area contributed by atoms with Gasteiger partial charge in [0.25, 0.3) is 5.91 Å². The topological polar surface area (TPSA) is 37.4 Å². The third-order valence-corrected chi connectivity index (χ3v) is 4.59. The first kappa shape index (κ1) is 13.3. The zero-order valence-corrected chi connectivity index (χ0v) is 11.8. The van der Waals surface area contributed by atoms with Gasteiger partial charge in [-0.05, 0) is 43.7 Å². The van der Waals surface area contributed by atoms with Gasteiger partial charge in [-0.15, -0.1) is 0 Å².